The van der Waals surface area contributed by atoms with E-state index in [0.717, 1.165) is 17.1 Å². The van der Waals surface area contributed by atoms with E-state index in [-0.39, 0.29) is 0 Å². The van der Waals surface area contributed by atoms with Gasteiger partial charge in [-0.2, -0.15) is 0 Å². The molecule has 54 heavy (non-hydrogen) atoms. The first kappa shape index (κ1) is 32.0. The van der Waals surface area contributed by atoms with E-state index in [1.807, 2.05) is 11.3 Å². The van der Waals surface area contributed by atoms with Crippen LogP contribution in [0.5, 0.6) is 0 Å². The van der Waals surface area contributed by atoms with Crippen LogP contribution in [0.2, 0.25) is 0 Å². The monoisotopic (exact) mass is 705 g/mol. The second-order valence-corrected chi connectivity index (χ2v) is 14.8. The molecule has 0 bridgehead atoms. The first-order chi connectivity index (χ1) is 26.7. The third kappa shape index (κ3) is 5.93. The van der Waals surface area contributed by atoms with Crippen molar-refractivity contribution < 1.29 is 0 Å². The zero-order chi connectivity index (χ0) is 35.8. The van der Waals surface area contributed by atoms with Gasteiger partial charge in [0, 0.05) is 37.2 Å². The summed E-state index contributed by atoms with van der Waals surface area (Å²) < 4.78 is 2.64. The van der Waals surface area contributed by atoms with Crippen molar-refractivity contribution in [3.63, 3.8) is 0 Å². The SMILES string of the molecule is c1ccc(-c2cccc(N(c3ccc(-c4cccc(-c5ccc6ccccc6c5)c4)cc3)c3ccc(-c4cccc5sc6ccccc6c45)cc3)c2)cc1. The van der Waals surface area contributed by atoms with Crippen molar-refractivity contribution in [1.82, 2.24) is 0 Å². The van der Waals surface area contributed by atoms with E-state index in [9.17, 15) is 0 Å². The smallest absolute Gasteiger partial charge is 0.0467 e. The highest BCUT2D eigenvalue weighted by molar-refractivity contribution is 7.25. The van der Waals surface area contributed by atoms with Crippen LogP contribution < -0.4 is 4.90 Å². The lowest BCUT2D eigenvalue weighted by molar-refractivity contribution is 1.28. The summed E-state index contributed by atoms with van der Waals surface area (Å²) in [6.45, 7) is 0. The molecule has 0 saturated carbocycles. The molecule has 1 aromatic heterocycles. The van der Waals surface area contributed by atoms with Crippen molar-refractivity contribution in [3.8, 4) is 44.5 Å². The predicted molar refractivity (Wildman–Crippen MR) is 233 cm³/mol. The molecule has 10 aromatic rings. The molecule has 0 spiro atoms. The summed E-state index contributed by atoms with van der Waals surface area (Å²) in [6, 6.07) is 77.1. The molecule has 0 radical (unpaired) electrons. The Kier molecular flexibility index (Phi) is 8.09. The molecule has 0 N–H and O–H groups in total. The molecule has 0 aliphatic rings. The van der Waals surface area contributed by atoms with Gasteiger partial charge >= 0.3 is 0 Å². The largest absolute Gasteiger partial charge is 0.310 e. The molecule has 0 saturated heterocycles. The van der Waals surface area contributed by atoms with Gasteiger partial charge in [-0.25, -0.2) is 0 Å². The third-order valence-electron chi connectivity index (χ3n) is 10.5. The van der Waals surface area contributed by atoms with Gasteiger partial charge < -0.3 is 4.90 Å². The first-order valence-corrected chi connectivity index (χ1v) is 19.2. The van der Waals surface area contributed by atoms with E-state index in [0.29, 0.717) is 0 Å². The average Bonchev–Trinajstić information content (AvgIpc) is 3.64. The summed E-state index contributed by atoms with van der Waals surface area (Å²) in [4.78, 5) is 2.37. The molecular formula is C52H35NS. The second-order valence-electron chi connectivity index (χ2n) is 13.8. The van der Waals surface area contributed by atoms with Crippen molar-refractivity contribution >= 4 is 59.3 Å². The number of rotatable bonds is 7. The molecule has 10 rings (SSSR count). The van der Waals surface area contributed by atoms with Crippen LogP contribution in [0.4, 0.5) is 17.1 Å². The quantitative estimate of drug-likeness (QED) is 0.160. The van der Waals surface area contributed by atoms with Crippen LogP contribution in [0, 0.1) is 0 Å². The van der Waals surface area contributed by atoms with Gasteiger partial charge in [-0.15, -0.1) is 11.3 Å². The Morgan fingerprint density at radius 2 is 0.833 bits per heavy atom. The standard InChI is InChI=1S/C52H35NS/c1-2-11-36(12-3-1)43-17-9-18-47(35-43)53(46-31-27-39(28-32-46)48-20-10-22-51-52(48)49-19-6-7-21-50(49)54-51)45-29-25-38(26-30-45)41-15-8-16-42(33-41)44-24-23-37-13-4-5-14-40(37)34-44/h1-35H. The molecule has 254 valence electrons. The van der Waals surface area contributed by atoms with Gasteiger partial charge in [0.15, 0.2) is 0 Å². The Bertz CT molecular complexity index is 2920. The molecule has 0 fully saturated rings. The van der Waals surface area contributed by atoms with Gasteiger partial charge in [-0.1, -0.05) is 152 Å². The third-order valence-corrected chi connectivity index (χ3v) is 11.6. The zero-order valence-corrected chi connectivity index (χ0v) is 30.4. The normalized spacial score (nSPS) is 11.3. The molecule has 0 atom stereocenters. The number of nitrogens with zero attached hydrogens (tertiary/aromatic N) is 1. The molecule has 2 heteroatoms. The number of fused-ring (bicyclic) bond motifs is 4. The maximum atomic E-state index is 2.37. The highest BCUT2D eigenvalue weighted by Gasteiger charge is 2.16. The molecule has 0 aliphatic heterocycles. The van der Waals surface area contributed by atoms with E-state index in [4.69, 9.17) is 0 Å². The van der Waals surface area contributed by atoms with Crippen LogP contribution >= 0.6 is 11.3 Å². The van der Waals surface area contributed by atoms with Crippen molar-refractivity contribution in [2.75, 3.05) is 4.90 Å². The minimum absolute atomic E-state index is 1.10. The fourth-order valence-corrected chi connectivity index (χ4v) is 8.89. The van der Waals surface area contributed by atoms with Gasteiger partial charge in [0.1, 0.15) is 0 Å². The number of hydrogen-bond acceptors (Lipinski definition) is 2. The predicted octanol–water partition coefficient (Wildman–Crippen LogP) is 15.3. The summed E-state index contributed by atoms with van der Waals surface area (Å²) in [7, 11) is 0. The molecule has 0 unspecified atom stereocenters. The van der Waals surface area contributed by atoms with E-state index in [1.54, 1.807) is 0 Å². The van der Waals surface area contributed by atoms with Gasteiger partial charge in [0.2, 0.25) is 0 Å². The van der Waals surface area contributed by atoms with E-state index in [2.05, 4.69) is 217 Å². The number of hydrogen-bond donors (Lipinski definition) is 0. The first-order valence-electron chi connectivity index (χ1n) is 18.4. The van der Waals surface area contributed by atoms with Gasteiger partial charge in [-0.3, -0.25) is 0 Å². The molecule has 1 nitrogen and oxygen atoms in total. The summed E-state index contributed by atoms with van der Waals surface area (Å²) in [6.07, 6.45) is 0. The summed E-state index contributed by atoms with van der Waals surface area (Å²) in [5.41, 5.74) is 13.0. The molecular weight excluding hydrogens is 671 g/mol. The van der Waals surface area contributed by atoms with E-state index in [1.165, 1.54) is 75.5 Å². The molecule has 1 heterocycles. The summed E-state index contributed by atoms with van der Waals surface area (Å²) in [5.74, 6) is 0. The van der Waals surface area contributed by atoms with Crippen LogP contribution in [0.25, 0.3) is 75.5 Å². The summed E-state index contributed by atoms with van der Waals surface area (Å²) in [5, 5.41) is 5.17. The Morgan fingerprint density at radius 1 is 0.296 bits per heavy atom. The van der Waals surface area contributed by atoms with Gasteiger partial charge in [0.05, 0.1) is 0 Å². The van der Waals surface area contributed by atoms with Crippen LogP contribution in [-0.4, -0.2) is 0 Å². The lowest BCUT2D eigenvalue weighted by Gasteiger charge is -2.26. The Labute approximate surface area is 319 Å². The zero-order valence-electron chi connectivity index (χ0n) is 29.6. The van der Waals surface area contributed by atoms with Crippen LogP contribution in [0.3, 0.4) is 0 Å². The number of anilines is 3. The van der Waals surface area contributed by atoms with Crippen LogP contribution in [-0.2, 0) is 0 Å². The van der Waals surface area contributed by atoms with Crippen molar-refractivity contribution in [1.29, 1.82) is 0 Å². The minimum Gasteiger partial charge on any atom is -0.310 e. The number of thiophene rings is 1. The maximum Gasteiger partial charge on any atom is 0.0467 e. The van der Waals surface area contributed by atoms with E-state index < -0.39 is 0 Å². The van der Waals surface area contributed by atoms with Gasteiger partial charge in [-0.05, 0) is 116 Å². The second kappa shape index (κ2) is 13.7. The lowest BCUT2D eigenvalue weighted by Crippen LogP contribution is -2.10. The Balaban J connectivity index is 1.03. The fraction of sp³-hybridized carbons (Fsp3) is 0. The highest BCUT2D eigenvalue weighted by atomic mass is 32.1. The average molecular weight is 706 g/mol. The topological polar surface area (TPSA) is 3.24 Å². The highest BCUT2D eigenvalue weighted by Crippen LogP contribution is 2.42. The summed E-state index contributed by atoms with van der Waals surface area (Å²) >= 11 is 1.86. The van der Waals surface area contributed by atoms with Gasteiger partial charge in [0.25, 0.3) is 0 Å². The fourth-order valence-electron chi connectivity index (χ4n) is 7.76. The Morgan fingerprint density at radius 3 is 1.63 bits per heavy atom. The Hall–Kier alpha value is -6.74. The molecule has 0 aliphatic carbocycles. The van der Waals surface area contributed by atoms with Crippen molar-refractivity contribution in [2.24, 2.45) is 0 Å². The maximum absolute atomic E-state index is 2.37. The van der Waals surface area contributed by atoms with E-state index >= 15 is 0 Å². The molecule has 9 aromatic carbocycles. The van der Waals surface area contributed by atoms with Crippen LogP contribution in [0.15, 0.2) is 212 Å². The minimum atomic E-state index is 1.10. The lowest BCUT2D eigenvalue weighted by atomic mass is 9.97. The van der Waals surface area contributed by atoms with Crippen molar-refractivity contribution in [2.45, 2.75) is 0 Å². The number of benzene rings is 9. The van der Waals surface area contributed by atoms with Crippen molar-refractivity contribution in [3.05, 3.63) is 212 Å². The molecule has 0 amide bonds. The van der Waals surface area contributed by atoms with Crippen LogP contribution in [0.1, 0.15) is 0 Å².